The van der Waals surface area contributed by atoms with E-state index in [9.17, 15) is 9.59 Å². The highest BCUT2D eigenvalue weighted by molar-refractivity contribution is 7.13. The summed E-state index contributed by atoms with van der Waals surface area (Å²) in [6.45, 7) is 7.65. The lowest BCUT2D eigenvalue weighted by molar-refractivity contribution is -0.136. The molecule has 1 aromatic heterocycles. The number of nitrogens with zero attached hydrogens (tertiary/aromatic N) is 3. The minimum absolute atomic E-state index is 0.186. The maximum Gasteiger partial charge on any atom is 0.263 e. The van der Waals surface area contributed by atoms with Gasteiger partial charge in [-0.3, -0.25) is 14.5 Å². The van der Waals surface area contributed by atoms with E-state index in [1.807, 2.05) is 24.0 Å². The highest BCUT2D eigenvalue weighted by Gasteiger charge is 2.34. The maximum atomic E-state index is 12.8. The molecule has 1 aromatic rings. The first-order valence-corrected chi connectivity index (χ1v) is 11.3. The molecule has 148 valence electrons. The van der Waals surface area contributed by atoms with Crippen LogP contribution in [0.25, 0.3) is 0 Å². The Kier molecular flexibility index (Phi) is 5.83. The fourth-order valence-corrected chi connectivity index (χ4v) is 5.71. The number of amides is 2. The van der Waals surface area contributed by atoms with Crippen molar-refractivity contribution in [2.24, 2.45) is 5.92 Å². The molecule has 0 unspecified atom stereocenters. The quantitative estimate of drug-likeness (QED) is 0.798. The molecule has 3 aliphatic heterocycles. The molecule has 5 nitrogen and oxygen atoms in total. The highest BCUT2D eigenvalue weighted by atomic mass is 32.1. The molecular formula is C21H31N3O2S. The number of thiophene rings is 1. The van der Waals surface area contributed by atoms with Crippen molar-refractivity contribution in [3.8, 4) is 0 Å². The first-order valence-electron chi connectivity index (χ1n) is 10.5. The molecule has 4 heterocycles. The normalized spacial score (nSPS) is 25.1. The summed E-state index contributed by atoms with van der Waals surface area (Å²) in [4.78, 5) is 34.1. The van der Waals surface area contributed by atoms with Crippen molar-refractivity contribution < 1.29 is 9.59 Å². The summed E-state index contributed by atoms with van der Waals surface area (Å²) >= 11 is 1.59. The minimum Gasteiger partial charge on any atom is -0.342 e. The highest BCUT2D eigenvalue weighted by Crippen LogP contribution is 2.27. The third-order valence-electron chi connectivity index (χ3n) is 6.44. The molecule has 4 rings (SSSR count). The van der Waals surface area contributed by atoms with Gasteiger partial charge in [0, 0.05) is 43.6 Å². The van der Waals surface area contributed by atoms with E-state index < -0.39 is 0 Å². The van der Waals surface area contributed by atoms with Gasteiger partial charge in [-0.05, 0) is 64.1 Å². The van der Waals surface area contributed by atoms with Crippen LogP contribution in [0.5, 0.6) is 0 Å². The second kappa shape index (κ2) is 8.31. The average Bonchev–Trinajstić information content (AvgIpc) is 3.39. The molecule has 0 radical (unpaired) electrons. The standard InChI is InChI=1S/C21H31N3O2S/c1-16-6-7-19(27-16)21(26)23-13-8-18(9-14-23)24-12-4-5-17(15-24)20(25)22-10-2-3-11-22/h6-7,17-18H,2-5,8-15H2,1H3/t17-/m1/s1. The molecule has 27 heavy (non-hydrogen) atoms. The number of carbonyl (C=O) groups is 2. The Bertz CT molecular complexity index is 675. The zero-order chi connectivity index (χ0) is 18.8. The van der Waals surface area contributed by atoms with Gasteiger partial charge in [0.25, 0.3) is 5.91 Å². The van der Waals surface area contributed by atoms with Gasteiger partial charge in [0.15, 0.2) is 0 Å². The van der Waals surface area contributed by atoms with Gasteiger partial charge >= 0.3 is 0 Å². The molecule has 3 aliphatic rings. The monoisotopic (exact) mass is 389 g/mol. The van der Waals surface area contributed by atoms with Crippen molar-refractivity contribution in [3.63, 3.8) is 0 Å². The third kappa shape index (κ3) is 4.21. The van der Waals surface area contributed by atoms with Crippen molar-refractivity contribution in [1.29, 1.82) is 0 Å². The lowest BCUT2D eigenvalue weighted by Gasteiger charge is -2.42. The number of likely N-dealkylation sites (tertiary alicyclic amines) is 3. The van der Waals surface area contributed by atoms with Gasteiger partial charge in [-0.15, -0.1) is 11.3 Å². The predicted molar refractivity (Wildman–Crippen MR) is 108 cm³/mol. The predicted octanol–water partition coefficient (Wildman–Crippen LogP) is 3.00. The van der Waals surface area contributed by atoms with E-state index in [-0.39, 0.29) is 11.8 Å². The Morgan fingerprint density at radius 1 is 0.926 bits per heavy atom. The van der Waals surface area contributed by atoms with Crippen LogP contribution in [0.4, 0.5) is 0 Å². The van der Waals surface area contributed by atoms with Crippen molar-refractivity contribution in [2.45, 2.75) is 51.5 Å². The van der Waals surface area contributed by atoms with E-state index >= 15 is 0 Å². The summed E-state index contributed by atoms with van der Waals surface area (Å²) < 4.78 is 0. The molecule has 3 saturated heterocycles. The molecule has 1 atom stereocenters. The van der Waals surface area contributed by atoms with Gasteiger partial charge in [0.05, 0.1) is 10.8 Å². The van der Waals surface area contributed by atoms with E-state index in [0.717, 1.165) is 69.8 Å². The minimum atomic E-state index is 0.186. The van der Waals surface area contributed by atoms with E-state index in [1.165, 1.54) is 17.7 Å². The smallest absolute Gasteiger partial charge is 0.263 e. The summed E-state index contributed by atoms with van der Waals surface area (Å²) in [5, 5.41) is 0. The topological polar surface area (TPSA) is 43.9 Å². The van der Waals surface area contributed by atoms with E-state index in [2.05, 4.69) is 9.80 Å². The fraction of sp³-hybridized carbons (Fsp3) is 0.714. The number of hydrogen-bond donors (Lipinski definition) is 0. The van der Waals surface area contributed by atoms with Gasteiger partial charge in [0.1, 0.15) is 0 Å². The van der Waals surface area contributed by atoms with Crippen LogP contribution in [0.2, 0.25) is 0 Å². The summed E-state index contributed by atoms with van der Waals surface area (Å²) in [5.74, 6) is 0.760. The second-order valence-corrected chi connectivity index (χ2v) is 9.59. The maximum absolute atomic E-state index is 12.8. The fourth-order valence-electron chi connectivity index (χ4n) is 4.87. The zero-order valence-electron chi connectivity index (χ0n) is 16.4. The van der Waals surface area contributed by atoms with Crippen molar-refractivity contribution in [2.75, 3.05) is 39.3 Å². The zero-order valence-corrected chi connectivity index (χ0v) is 17.2. The van der Waals surface area contributed by atoms with Gasteiger partial charge < -0.3 is 9.80 Å². The Labute approximate surface area is 166 Å². The van der Waals surface area contributed by atoms with Crippen LogP contribution in [-0.2, 0) is 4.79 Å². The van der Waals surface area contributed by atoms with Crippen LogP contribution < -0.4 is 0 Å². The van der Waals surface area contributed by atoms with E-state index in [4.69, 9.17) is 0 Å². The Hall–Kier alpha value is -1.40. The van der Waals surface area contributed by atoms with Crippen molar-refractivity contribution in [3.05, 3.63) is 21.9 Å². The molecule has 0 spiro atoms. The average molecular weight is 390 g/mol. The molecule has 0 aliphatic carbocycles. The number of rotatable bonds is 3. The lowest BCUT2D eigenvalue weighted by atomic mass is 9.93. The van der Waals surface area contributed by atoms with Gasteiger partial charge in [-0.1, -0.05) is 0 Å². The number of aryl methyl sites for hydroxylation is 1. The number of piperidine rings is 2. The molecule has 3 fully saturated rings. The van der Waals surface area contributed by atoms with Crippen LogP contribution in [0.1, 0.15) is 53.1 Å². The number of hydrogen-bond acceptors (Lipinski definition) is 4. The molecule has 0 aromatic carbocycles. The molecule has 6 heteroatoms. The van der Waals surface area contributed by atoms with Crippen molar-refractivity contribution in [1.82, 2.24) is 14.7 Å². The Morgan fingerprint density at radius 3 is 2.33 bits per heavy atom. The summed E-state index contributed by atoms with van der Waals surface area (Å²) in [6.07, 6.45) is 6.55. The van der Waals surface area contributed by atoms with Crippen LogP contribution in [0.15, 0.2) is 12.1 Å². The lowest BCUT2D eigenvalue weighted by Crippen LogP contribution is -2.51. The summed E-state index contributed by atoms with van der Waals surface area (Å²) in [7, 11) is 0. The van der Waals surface area contributed by atoms with Gasteiger partial charge in [-0.2, -0.15) is 0 Å². The summed E-state index contributed by atoms with van der Waals surface area (Å²) in [6, 6.07) is 4.50. The Morgan fingerprint density at radius 2 is 1.67 bits per heavy atom. The molecule has 0 saturated carbocycles. The molecule has 0 bridgehead atoms. The Balaban J connectivity index is 1.30. The largest absolute Gasteiger partial charge is 0.342 e. The molecular weight excluding hydrogens is 358 g/mol. The van der Waals surface area contributed by atoms with Crippen molar-refractivity contribution >= 4 is 23.2 Å². The van der Waals surface area contributed by atoms with Crippen LogP contribution >= 0.6 is 11.3 Å². The van der Waals surface area contributed by atoms with Crippen LogP contribution in [0, 0.1) is 12.8 Å². The SMILES string of the molecule is Cc1ccc(C(=O)N2CCC(N3CCC[C@@H](C(=O)N4CCCC4)C3)CC2)s1. The van der Waals surface area contributed by atoms with Gasteiger partial charge in [-0.25, -0.2) is 0 Å². The van der Waals surface area contributed by atoms with Crippen LogP contribution in [0.3, 0.4) is 0 Å². The molecule has 2 amide bonds. The molecule has 0 N–H and O–H groups in total. The van der Waals surface area contributed by atoms with E-state index in [1.54, 1.807) is 11.3 Å². The number of carbonyl (C=O) groups excluding carboxylic acids is 2. The first-order chi connectivity index (χ1) is 13.1. The second-order valence-electron chi connectivity index (χ2n) is 8.30. The third-order valence-corrected chi connectivity index (χ3v) is 7.43. The van der Waals surface area contributed by atoms with Crippen LogP contribution in [-0.4, -0.2) is 71.8 Å². The first kappa shape index (κ1) is 18.9. The van der Waals surface area contributed by atoms with Gasteiger partial charge in [0.2, 0.25) is 5.91 Å². The summed E-state index contributed by atoms with van der Waals surface area (Å²) in [5.41, 5.74) is 0. The van der Waals surface area contributed by atoms with E-state index in [0.29, 0.717) is 11.9 Å².